The lowest BCUT2D eigenvalue weighted by Crippen LogP contribution is -2.62. The SMILES string of the molecule is CC1(NC(=O)N2CCc3ccccc3[C@@H]2c2ccc(F)cc2)CC(N)C1. The first kappa shape index (κ1) is 17.0. The zero-order valence-electron chi connectivity index (χ0n) is 14.9. The van der Waals surface area contributed by atoms with Crippen LogP contribution in [0.15, 0.2) is 48.5 Å². The third-order valence-corrected chi connectivity index (χ3v) is 5.56. The van der Waals surface area contributed by atoms with Crippen molar-refractivity contribution in [3.8, 4) is 0 Å². The van der Waals surface area contributed by atoms with Gasteiger partial charge in [0.05, 0.1) is 6.04 Å². The van der Waals surface area contributed by atoms with Gasteiger partial charge in [0.15, 0.2) is 0 Å². The molecule has 0 bridgehead atoms. The summed E-state index contributed by atoms with van der Waals surface area (Å²) in [5.74, 6) is -0.273. The molecule has 2 aromatic carbocycles. The Kier molecular flexibility index (Phi) is 4.19. The van der Waals surface area contributed by atoms with Gasteiger partial charge < -0.3 is 16.0 Å². The summed E-state index contributed by atoms with van der Waals surface area (Å²) >= 11 is 0. The van der Waals surface area contributed by atoms with Crippen LogP contribution in [0.25, 0.3) is 0 Å². The maximum atomic E-state index is 13.4. The molecule has 2 aliphatic rings. The van der Waals surface area contributed by atoms with Crippen molar-refractivity contribution in [3.05, 3.63) is 71.0 Å². The summed E-state index contributed by atoms with van der Waals surface area (Å²) in [6.45, 7) is 2.67. The highest BCUT2D eigenvalue weighted by Gasteiger charge is 2.41. The Bertz CT molecular complexity index is 814. The lowest BCUT2D eigenvalue weighted by molar-refractivity contribution is 0.137. The number of nitrogens with two attached hydrogens (primary N) is 1. The molecule has 0 unspecified atom stereocenters. The van der Waals surface area contributed by atoms with E-state index in [0.717, 1.165) is 30.4 Å². The van der Waals surface area contributed by atoms with Gasteiger partial charge in [-0.05, 0) is 55.0 Å². The van der Waals surface area contributed by atoms with Crippen LogP contribution in [-0.2, 0) is 6.42 Å². The van der Waals surface area contributed by atoms with Crippen molar-refractivity contribution in [1.29, 1.82) is 0 Å². The molecule has 136 valence electrons. The Labute approximate surface area is 153 Å². The van der Waals surface area contributed by atoms with Crippen molar-refractivity contribution in [1.82, 2.24) is 10.2 Å². The molecule has 1 aliphatic carbocycles. The number of fused-ring (bicyclic) bond motifs is 1. The number of carbonyl (C=O) groups is 1. The van der Waals surface area contributed by atoms with Crippen LogP contribution in [0, 0.1) is 5.82 Å². The van der Waals surface area contributed by atoms with E-state index in [0.29, 0.717) is 6.54 Å². The average Bonchev–Trinajstić information content (AvgIpc) is 2.60. The molecular formula is C21H24FN3O. The van der Waals surface area contributed by atoms with Gasteiger partial charge in [0.2, 0.25) is 0 Å². The van der Waals surface area contributed by atoms with E-state index in [4.69, 9.17) is 5.73 Å². The number of halogens is 1. The van der Waals surface area contributed by atoms with E-state index in [9.17, 15) is 9.18 Å². The van der Waals surface area contributed by atoms with E-state index in [1.807, 2.05) is 24.0 Å². The number of amides is 2. The van der Waals surface area contributed by atoms with Gasteiger partial charge in [-0.15, -0.1) is 0 Å². The molecule has 4 nitrogen and oxygen atoms in total. The van der Waals surface area contributed by atoms with Gasteiger partial charge in [-0.1, -0.05) is 36.4 Å². The number of nitrogens with zero attached hydrogens (tertiary/aromatic N) is 1. The molecule has 0 aromatic heterocycles. The molecule has 1 saturated carbocycles. The van der Waals surface area contributed by atoms with Crippen LogP contribution < -0.4 is 11.1 Å². The zero-order chi connectivity index (χ0) is 18.3. The van der Waals surface area contributed by atoms with Gasteiger partial charge in [-0.3, -0.25) is 0 Å². The first-order valence-electron chi connectivity index (χ1n) is 9.13. The van der Waals surface area contributed by atoms with Gasteiger partial charge in [0.25, 0.3) is 0 Å². The summed E-state index contributed by atoms with van der Waals surface area (Å²) in [4.78, 5) is 14.9. The van der Waals surface area contributed by atoms with Gasteiger partial charge in [-0.2, -0.15) is 0 Å². The zero-order valence-corrected chi connectivity index (χ0v) is 14.9. The predicted molar refractivity (Wildman–Crippen MR) is 99.2 cm³/mol. The Morgan fingerprint density at radius 3 is 2.58 bits per heavy atom. The monoisotopic (exact) mass is 353 g/mol. The van der Waals surface area contributed by atoms with Gasteiger partial charge in [0, 0.05) is 18.1 Å². The molecule has 5 heteroatoms. The van der Waals surface area contributed by atoms with E-state index in [-0.39, 0.29) is 29.5 Å². The fourth-order valence-electron chi connectivity index (χ4n) is 4.32. The minimum Gasteiger partial charge on any atom is -0.333 e. The maximum absolute atomic E-state index is 13.4. The summed E-state index contributed by atoms with van der Waals surface area (Å²) in [6, 6.07) is 14.5. The summed E-state index contributed by atoms with van der Waals surface area (Å²) in [6.07, 6.45) is 2.41. The normalized spacial score (nSPS) is 27.4. The van der Waals surface area contributed by atoms with Gasteiger partial charge >= 0.3 is 6.03 Å². The van der Waals surface area contributed by atoms with Crippen LogP contribution in [-0.4, -0.2) is 29.1 Å². The largest absolute Gasteiger partial charge is 0.333 e. The molecule has 1 aliphatic heterocycles. The molecule has 26 heavy (non-hydrogen) atoms. The highest BCUT2D eigenvalue weighted by atomic mass is 19.1. The Balaban J connectivity index is 1.66. The second kappa shape index (κ2) is 6.40. The maximum Gasteiger partial charge on any atom is 0.318 e. The van der Waals surface area contributed by atoms with Crippen LogP contribution in [0.5, 0.6) is 0 Å². The summed E-state index contributed by atoms with van der Waals surface area (Å²) in [5.41, 5.74) is 8.93. The van der Waals surface area contributed by atoms with Gasteiger partial charge in [0.1, 0.15) is 5.82 Å². The van der Waals surface area contributed by atoms with Crippen LogP contribution in [0.2, 0.25) is 0 Å². The van der Waals surface area contributed by atoms with Crippen LogP contribution in [0.1, 0.15) is 42.5 Å². The molecule has 4 rings (SSSR count). The molecule has 2 aromatic rings. The highest BCUT2D eigenvalue weighted by Crippen LogP contribution is 2.36. The number of hydrogen-bond acceptors (Lipinski definition) is 2. The van der Waals surface area contributed by atoms with E-state index >= 15 is 0 Å². The molecule has 0 radical (unpaired) electrons. The second-order valence-electron chi connectivity index (χ2n) is 7.76. The lowest BCUT2D eigenvalue weighted by atomic mass is 9.74. The third kappa shape index (κ3) is 3.07. The molecule has 1 atom stereocenters. The minimum absolute atomic E-state index is 0.0803. The Morgan fingerprint density at radius 2 is 1.88 bits per heavy atom. The molecule has 1 heterocycles. The first-order chi connectivity index (χ1) is 12.5. The topological polar surface area (TPSA) is 58.4 Å². The average molecular weight is 353 g/mol. The van der Waals surface area contributed by atoms with E-state index in [1.165, 1.54) is 17.7 Å². The molecule has 1 fully saturated rings. The number of benzene rings is 2. The van der Waals surface area contributed by atoms with E-state index < -0.39 is 0 Å². The number of rotatable bonds is 2. The fraction of sp³-hybridized carbons (Fsp3) is 0.381. The van der Waals surface area contributed by atoms with Crippen molar-refractivity contribution in [2.45, 2.75) is 43.8 Å². The summed E-state index contributed by atoms with van der Waals surface area (Å²) in [5, 5.41) is 3.17. The number of hydrogen-bond donors (Lipinski definition) is 2. The first-order valence-corrected chi connectivity index (χ1v) is 9.13. The number of nitrogens with one attached hydrogen (secondary N) is 1. The molecule has 0 saturated heterocycles. The van der Waals surface area contributed by atoms with Crippen LogP contribution in [0.3, 0.4) is 0 Å². The predicted octanol–water partition coefficient (Wildman–Crippen LogP) is 3.36. The van der Waals surface area contributed by atoms with E-state index in [1.54, 1.807) is 12.1 Å². The van der Waals surface area contributed by atoms with Gasteiger partial charge in [-0.25, -0.2) is 9.18 Å². The second-order valence-corrected chi connectivity index (χ2v) is 7.76. The highest BCUT2D eigenvalue weighted by molar-refractivity contribution is 5.77. The molecular weight excluding hydrogens is 329 g/mol. The van der Waals surface area contributed by atoms with Crippen molar-refractivity contribution < 1.29 is 9.18 Å². The quantitative estimate of drug-likeness (QED) is 0.870. The van der Waals surface area contributed by atoms with Crippen molar-refractivity contribution >= 4 is 6.03 Å². The standard InChI is InChI=1S/C21H24FN3O/c1-21(12-17(23)13-21)24-20(26)25-11-10-14-4-2-3-5-18(14)19(25)15-6-8-16(22)9-7-15/h2-9,17,19H,10-13,23H2,1H3,(H,24,26)/t17?,19-,21?/m0/s1. The smallest absolute Gasteiger partial charge is 0.318 e. The van der Waals surface area contributed by atoms with E-state index in [2.05, 4.69) is 17.4 Å². The molecule has 2 amide bonds. The number of carbonyl (C=O) groups excluding carboxylic acids is 1. The summed E-state index contributed by atoms with van der Waals surface area (Å²) < 4.78 is 13.4. The van der Waals surface area contributed by atoms with Crippen molar-refractivity contribution in [3.63, 3.8) is 0 Å². The van der Waals surface area contributed by atoms with Crippen molar-refractivity contribution in [2.75, 3.05) is 6.54 Å². The lowest BCUT2D eigenvalue weighted by Gasteiger charge is -2.46. The molecule has 0 spiro atoms. The molecule has 3 N–H and O–H groups in total. The van der Waals surface area contributed by atoms with Crippen LogP contribution >= 0.6 is 0 Å². The Morgan fingerprint density at radius 1 is 1.19 bits per heavy atom. The fourth-order valence-corrected chi connectivity index (χ4v) is 4.32. The van der Waals surface area contributed by atoms with Crippen molar-refractivity contribution in [2.24, 2.45) is 5.73 Å². The third-order valence-electron chi connectivity index (χ3n) is 5.56. The summed E-state index contributed by atoms with van der Waals surface area (Å²) in [7, 11) is 0. The number of urea groups is 1. The Hall–Kier alpha value is -2.40. The van der Waals surface area contributed by atoms with Crippen LogP contribution in [0.4, 0.5) is 9.18 Å². The minimum atomic E-state index is -0.273.